The van der Waals surface area contributed by atoms with Crippen molar-refractivity contribution in [2.75, 3.05) is 9.80 Å². The van der Waals surface area contributed by atoms with Crippen LogP contribution in [0.15, 0.2) is 479 Å². The van der Waals surface area contributed by atoms with E-state index >= 15 is 0 Å². The van der Waals surface area contributed by atoms with E-state index in [1.165, 1.54) is 108 Å². The summed E-state index contributed by atoms with van der Waals surface area (Å²) >= 11 is 0. The van der Waals surface area contributed by atoms with Crippen LogP contribution in [0, 0.1) is 0 Å². The maximum atomic E-state index is 2.72. The molecule has 0 fully saturated rings. The van der Waals surface area contributed by atoms with Gasteiger partial charge in [0.2, 0.25) is 0 Å². The lowest BCUT2D eigenvalue weighted by atomic mass is 9.33. The average Bonchev–Trinajstić information content (AvgIpc) is 0.879. The van der Waals surface area contributed by atoms with E-state index < -0.39 is 16.1 Å². The molecule has 0 spiro atoms. The highest BCUT2D eigenvalue weighted by Gasteiger charge is 2.49. The molecule has 0 N–H and O–H groups in total. The Hall–Kier alpha value is -14.9. The van der Waals surface area contributed by atoms with Gasteiger partial charge in [0.25, 0.3) is 6.71 Å². The summed E-state index contributed by atoms with van der Waals surface area (Å²) in [6, 6.07) is 183. The molecule has 20 aromatic rings. The minimum Gasteiger partial charge on any atom is -0.311 e. The Kier molecular flexibility index (Phi) is 19.0. The summed E-state index contributed by atoms with van der Waals surface area (Å²) in [5.41, 5.74) is 28.7. The summed E-state index contributed by atoms with van der Waals surface area (Å²) in [4.78, 5) is 5.34. The lowest BCUT2D eigenvalue weighted by molar-refractivity contribution is 0.590. The third-order valence-electron chi connectivity index (χ3n) is 26.2. The first-order valence-electron chi connectivity index (χ1n) is 43.3. The number of fused-ring (bicyclic) bond motifs is 7. The molecule has 0 saturated carbocycles. The number of aromatic nitrogens is 1. The van der Waals surface area contributed by atoms with Gasteiger partial charge in [-0.1, -0.05) is 445 Å². The van der Waals surface area contributed by atoms with Gasteiger partial charge in [-0.3, -0.25) is 0 Å². The van der Waals surface area contributed by atoms with Crippen molar-refractivity contribution < 1.29 is 0 Å². The summed E-state index contributed by atoms with van der Waals surface area (Å²) in [5.74, 6) is 0. The number of benzene rings is 19. The first-order chi connectivity index (χ1) is 61.1. The molecule has 124 heavy (non-hydrogen) atoms. The molecule has 0 aliphatic carbocycles. The fourth-order valence-electron chi connectivity index (χ4n) is 20.5. The van der Waals surface area contributed by atoms with Crippen molar-refractivity contribution in [3.63, 3.8) is 0 Å². The summed E-state index contributed by atoms with van der Waals surface area (Å²) in [6.07, 6.45) is 0. The number of para-hydroxylation sites is 3. The number of nitrogens with zero attached hydrogens (tertiary/aromatic N) is 3. The van der Waals surface area contributed by atoms with Gasteiger partial charge in [0.1, 0.15) is 0 Å². The molecular weight excluding hydrogens is 1530 g/mol. The minimum absolute atomic E-state index is 0.141. The highest BCUT2D eigenvalue weighted by atomic mass is 28.3. The molecule has 22 rings (SSSR count). The van der Waals surface area contributed by atoms with Crippen molar-refractivity contribution in [2.24, 2.45) is 0 Å². The smallest absolute Gasteiger partial charge is 0.252 e. The van der Waals surface area contributed by atoms with Gasteiger partial charge in [0.15, 0.2) is 16.1 Å². The highest BCUT2D eigenvalue weighted by molar-refractivity contribution is 7.22. The van der Waals surface area contributed by atoms with E-state index in [-0.39, 0.29) is 12.1 Å². The van der Waals surface area contributed by atoms with E-state index in [1.54, 1.807) is 0 Å². The van der Waals surface area contributed by atoms with E-state index in [4.69, 9.17) is 0 Å². The van der Waals surface area contributed by atoms with Crippen LogP contribution < -0.4 is 67.7 Å². The molecule has 0 amide bonds. The van der Waals surface area contributed by atoms with Crippen LogP contribution in [0.5, 0.6) is 0 Å². The van der Waals surface area contributed by atoms with Crippen molar-refractivity contribution in [1.82, 2.24) is 4.57 Å². The topological polar surface area (TPSA) is 11.4 Å². The SMILES string of the molecule is CC(C)(C)c1ccc(N2c3ccc(-c4ccccc4)cc3B3c4ccc(-c5cc([Si](c6ccccc6)(c6ccccc6)c6cccc(-c7ccccc7)c6)cc([Si](c6ccccc6)(c6ccccc6)c6cccc(-c7ccccc7)c6)c5)cc4N(c4ccccc4-c4ccccc4)c4cc(-n5c6ccccc6c6ccccc65)cc2c43)c(-c2ccccc2)c1. The zero-order valence-electron chi connectivity index (χ0n) is 69.5. The van der Waals surface area contributed by atoms with Crippen LogP contribution in [-0.4, -0.2) is 27.4 Å². The van der Waals surface area contributed by atoms with Gasteiger partial charge in [0, 0.05) is 44.6 Å². The molecule has 0 radical (unpaired) electrons. The van der Waals surface area contributed by atoms with Gasteiger partial charge >= 0.3 is 0 Å². The van der Waals surface area contributed by atoms with Gasteiger partial charge in [-0.25, -0.2) is 0 Å². The second-order valence-electron chi connectivity index (χ2n) is 34.2. The van der Waals surface area contributed by atoms with E-state index in [2.05, 4.69) is 514 Å². The van der Waals surface area contributed by atoms with Crippen LogP contribution in [-0.2, 0) is 5.41 Å². The summed E-state index contributed by atoms with van der Waals surface area (Å²) in [6.45, 7) is 6.72. The third kappa shape index (κ3) is 12.8. The van der Waals surface area contributed by atoms with E-state index in [1.807, 2.05) is 0 Å². The Morgan fingerprint density at radius 3 is 1.04 bits per heavy atom. The zero-order chi connectivity index (χ0) is 82.9. The number of hydrogen-bond acceptors (Lipinski definition) is 2. The Labute approximate surface area is 729 Å². The number of rotatable bonds is 17. The summed E-state index contributed by atoms with van der Waals surface area (Å²) in [5, 5.41) is 12.8. The van der Waals surface area contributed by atoms with Gasteiger partial charge in [-0.2, -0.15) is 0 Å². The van der Waals surface area contributed by atoms with Crippen LogP contribution >= 0.6 is 0 Å². The molecule has 0 unspecified atom stereocenters. The standard InChI is InChI=1S/C118H88BN3Si2/c1-118(2,3)93-69-72-112(106(79-93)87-47-21-8-22-48-87)121-113-71-68-90(85-43-17-6-18-44-85)77-108(113)119-107-70-67-91(78-114(107)122(109-64-34-31-61-103(109)86-45-19-7-20-46-86)116-81-94(80-115(121)117(116)119)120-110-65-35-32-62-104(110)105-63-33-36-66-111(105)120)92-75-101(123(95-51-23-9-24-52-95,96-53-25-10-26-54-96)99-59-37-49-88(73-99)83-39-13-4-14-40-83)82-102(76-92)124(97-55-27-11-28-56-97,98-57-29-12-30-58-98)100-60-38-50-89(74-100)84-41-15-5-16-42-84/h4-82H,1-3H3. The van der Waals surface area contributed by atoms with Gasteiger partial charge in [-0.15, -0.1) is 0 Å². The van der Waals surface area contributed by atoms with Crippen molar-refractivity contribution >= 4 is 137 Å². The first kappa shape index (κ1) is 75.3. The summed E-state index contributed by atoms with van der Waals surface area (Å²) < 4.78 is 2.54. The molecule has 2 aliphatic rings. The van der Waals surface area contributed by atoms with Crippen LogP contribution in [0.1, 0.15) is 26.3 Å². The molecule has 0 bridgehead atoms. The molecule has 3 heterocycles. The monoisotopic (exact) mass is 1610 g/mol. The molecule has 3 nitrogen and oxygen atoms in total. The van der Waals surface area contributed by atoms with Crippen LogP contribution in [0.25, 0.3) is 94.3 Å². The average molecular weight is 1620 g/mol. The van der Waals surface area contributed by atoms with Crippen molar-refractivity contribution in [2.45, 2.75) is 26.2 Å². The second kappa shape index (κ2) is 31.3. The third-order valence-corrected chi connectivity index (χ3v) is 35.6. The Balaban J connectivity index is 0.898. The molecule has 2 aliphatic heterocycles. The highest BCUT2D eigenvalue weighted by Crippen LogP contribution is 2.51. The molecule has 19 aromatic carbocycles. The fraction of sp³-hybridized carbons (Fsp3) is 0.0339. The van der Waals surface area contributed by atoms with E-state index in [0.717, 1.165) is 84.2 Å². The van der Waals surface area contributed by atoms with Crippen molar-refractivity contribution in [3.8, 4) is 72.4 Å². The fourth-order valence-corrected chi connectivity index (χ4v) is 30.3. The number of hydrogen-bond donors (Lipinski definition) is 0. The Morgan fingerprint density at radius 2 is 0.565 bits per heavy atom. The normalized spacial score (nSPS) is 12.4. The predicted molar refractivity (Wildman–Crippen MR) is 533 cm³/mol. The molecule has 1 aromatic heterocycles. The maximum Gasteiger partial charge on any atom is 0.252 e. The lowest BCUT2D eigenvalue weighted by Crippen LogP contribution is -2.78. The molecule has 0 saturated heterocycles. The lowest BCUT2D eigenvalue weighted by Gasteiger charge is -2.45. The van der Waals surface area contributed by atoms with Gasteiger partial charge in [0.05, 0.1) is 28.1 Å². The molecule has 6 heteroatoms. The van der Waals surface area contributed by atoms with Crippen molar-refractivity contribution in [3.05, 3.63) is 485 Å². The van der Waals surface area contributed by atoms with Crippen molar-refractivity contribution in [1.29, 1.82) is 0 Å². The Morgan fingerprint density at radius 1 is 0.210 bits per heavy atom. The summed E-state index contributed by atoms with van der Waals surface area (Å²) in [7, 11) is -7.04. The predicted octanol–water partition coefficient (Wildman–Crippen LogP) is 22.9. The van der Waals surface area contributed by atoms with Gasteiger partial charge in [-0.05, 0) is 179 Å². The van der Waals surface area contributed by atoms with E-state index in [0.29, 0.717) is 0 Å². The first-order valence-corrected chi connectivity index (χ1v) is 47.3. The van der Waals surface area contributed by atoms with Crippen LogP contribution in [0.4, 0.5) is 34.1 Å². The zero-order valence-corrected chi connectivity index (χ0v) is 71.5. The van der Waals surface area contributed by atoms with Crippen LogP contribution in [0.2, 0.25) is 0 Å². The van der Waals surface area contributed by atoms with Crippen LogP contribution in [0.3, 0.4) is 0 Å². The Bertz CT molecular complexity index is 7070. The second-order valence-corrected chi connectivity index (χ2v) is 41.8. The largest absolute Gasteiger partial charge is 0.311 e. The maximum absolute atomic E-state index is 3.52. The molecule has 0 atom stereocenters. The van der Waals surface area contributed by atoms with E-state index in [9.17, 15) is 0 Å². The van der Waals surface area contributed by atoms with Gasteiger partial charge < -0.3 is 14.4 Å². The minimum atomic E-state index is -3.52. The molecular formula is C118H88BN3Si2. The number of anilines is 6. The quantitative estimate of drug-likeness (QED) is 0.0665. The molecule has 586 valence electrons.